The Morgan fingerprint density at radius 1 is 1.13 bits per heavy atom. The normalized spacial score (nSPS) is 10.1. The van der Waals surface area contributed by atoms with E-state index in [9.17, 15) is 19.5 Å². The van der Waals surface area contributed by atoms with Gasteiger partial charge in [0, 0.05) is 12.6 Å². The zero-order valence-corrected chi connectivity index (χ0v) is 12.5. The molecule has 0 atom stereocenters. The summed E-state index contributed by atoms with van der Waals surface area (Å²) >= 11 is 0. The minimum Gasteiger partial charge on any atom is -0.478 e. The summed E-state index contributed by atoms with van der Waals surface area (Å²) in [6, 6.07) is 9.86. The number of Topliss-reactive ketones (excluding diaryl/α,β-unsaturated/α-hetero) is 1. The van der Waals surface area contributed by atoms with Crippen molar-refractivity contribution in [2.24, 2.45) is 0 Å². The monoisotopic (exact) mass is 313 g/mol. The number of ketones is 1. The molecule has 1 aromatic heterocycles. The van der Waals surface area contributed by atoms with Gasteiger partial charge in [-0.05, 0) is 23.8 Å². The van der Waals surface area contributed by atoms with Gasteiger partial charge in [0.2, 0.25) is 0 Å². The van der Waals surface area contributed by atoms with Gasteiger partial charge >= 0.3 is 11.9 Å². The first-order valence-electron chi connectivity index (χ1n) is 7.03. The van der Waals surface area contributed by atoms with Gasteiger partial charge in [0.05, 0.1) is 12.0 Å². The molecule has 0 bridgehead atoms. The molecule has 0 saturated heterocycles. The average molecular weight is 313 g/mol. The van der Waals surface area contributed by atoms with Gasteiger partial charge in [0.1, 0.15) is 11.4 Å². The minimum atomic E-state index is -1.29. The lowest BCUT2D eigenvalue weighted by molar-refractivity contribution is -0.133. The topological polar surface area (TPSA) is 93.6 Å². The molecule has 0 amide bonds. The first-order valence-corrected chi connectivity index (χ1v) is 7.03. The number of carboxylic acid groups (broad SMARTS) is 1. The third-order valence-electron chi connectivity index (χ3n) is 3.15. The van der Waals surface area contributed by atoms with Crippen LogP contribution in [-0.2, 0) is 11.2 Å². The number of hydrogen-bond donors (Lipinski definition) is 1. The molecule has 6 heteroatoms. The van der Waals surface area contributed by atoms with Crippen molar-refractivity contribution >= 4 is 17.7 Å². The molecule has 1 aromatic carbocycles. The zero-order chi connectivity index (χ0) is 16.8. The van der Waals surface area contributed by atoms with Crippen molar-refractivity contribution < 1.29 is 24.2 Å². The number of ether oxygens (including phenoxy) is 1. The number of esters is 1. The van der Waals surface area contributed by atoms with Crippen LogP contribution in [0, 0.1) is 0 Å². The number of pyridine rings is 1. The Morgan fingerprint density at radius 3 is 2.43 bits per heavy atom. The molecule has 0 aliphatic rings. The molecule has 0 aliphatic carbocycles. The van der Waals surface area contributed by atoms with Crippen LogP contribution in [0.2, 0.25) is 0 Å². The first kappa shape index (κ1) is 16.4. The number of carboxylic acids is 1. The first-order chi connectivity index (χ1) is 11.0. The van der Waals surface area contributed by atoms with E-state index in [0.29, 0.717) is 5.75 Å². The minimum absolute atomic E-state index is 0.130. The Bertz CT molecular complexity index is 740. The number of hydrogen-bond acceptors (Lipinski definition) is 5. The van der Waals surface area contributed by atoms with Crippen LogP contribution in [0.25, 0.3) is 0 Å². The highest BCUT2D eigenvalue weighted by molar-refractivity contribution is 6.05. The Labute approximate surface area is 132 Å². The molecule has 1 N–H and O–H groups in total. The van der Waals surface area contributed by atoms with Crippen LogP contribution in [0.5, 0.6) is 5.75 Å². The summed E-state index contributed by atoms with van der Waals surface area (Å²) in [5.74, 6) is -1.92. The number of para-hydroxylation sites is 1. The van der Waals surface area contributed by atoms with Crippen LogP contribution in [-0.4, -0.2) is 27.8 Å². The predicted octanol–water partition coefficient (Wildman–Crippen LogP) is 2.52. The largest absolute Gasteiger partial charge is 0.478 e. The number of carbonyl (C=O) groups excluding carboxylic acids is 2. The quantitative estimate of drug-likeness (QED) is 0.500. The third-order valence-corrected chi connectivity index (χ3v) is 3.15. The van der Waals surface area contributed by atoms with Crippen molar-refractivity contribution in [2.45, 2.75) is 19.8 Å². The lowest BCUT2D eigenvalue weighted by Gasteiger charge is -2.09. The SMILES string of the molecule is CCC(=O)c1nccc(CC(=O)Oc2ccccc2)c1C(=O)O. The van der Waals surface area contributed by atoms with Crippen LogP contribution in [0.3, 0.4) is 0 Å². The van der Waals surface area contributed by atoms with Gasteiger partial charge in [-0.2, -0.15) is 0 Å². The van der Waals surface area contributed by atoms with Gasteiger partial charge in [-0.3, -0.25) is 14.6 Å². The second kappa shape index (κ2) is 7.31. The van der Waals surface area contributed by atoms with Gasteiger partial charge in [0.25, 0.3) is 0 Å². The van der Waals surface area contributed by atoms with E-state index in [1.165, 1.54) is 12.3 Å². The maximum absolute atomic E-state index is 12.0. The van der Waals surface area contributed by atoms with Crippen molar-refractivity contribution in [1.82, 2.24) is 4.98 Å². The highest BCUT2D eigenvalue weighted by Gasteiger charge is 2.22. The van der Waals surface area contributed by atoms with Crippen LogP contribution >= 0.6 is 0 Å². The summed E-state index contributed by atoms with van der Waals surface area (Å²) in [5.41, 5.74) is -0.181. The fraction of sp³-hybridized carbons (Fsp3) is 0.176. The lowest BCUT2D eigenvalue weighted by atomic mass is 10.0. The Balaban J connectivity index is 2.27. The molecular weight excluding hydrogens is 298 g/mol. The molecule has 0 aliphatic heterocycles. The maximum atomic E-state index is 12.0. The van der Waals surface area contributed by atoms with E-state index < -0.39 is 11.9 Å². The van der Waals surface area contributed by atoms with Crippen molar-refractivity contribution in [1.29, 1.82) is 0 Å². The van der Waals surface area contributed by atoms with E-state index in [2.05, 4.69) is 4.98 Å². The standard InChI is InChI=1S/C17H15NO5/c1-2-13(19)16-15(17(21)22)11(8-9-18-16)10-14(20)23-12-6-4-3-5-7-12/h3-9H,2,10H2,1H3,(H,21,22). The Morgan fingerprint density at radius 2 is 1.83 bits per heavy atom. The van der Waals surface area contributed by atoms with E-state index >= 15 is 0 Å². The van der Waals surface area contributed by atoms with Crippen molar-refractivity contribution in [3.8, 4) is 5.75 Å². The van der Waals surface area contributed by atoms with Gasteiger partial charge in [0.15, 0.2) is 5.78 Å². The zero-order valence-electron chi connectivity index (χ0n) is 12.5. The summed E-state index contributed by atoms with van der Waals surface area (Å²) in [7, 11) is 0. The second-order valence-electron chi connectivity index (χ2n) is 4.74. The van der Waals surface area contributed by atoms with Crippen molar-refractivity contribution in [3.63, 3.8) is 0 Å². The maximum Gasteiger partial charge on any atom is 0.338 e. The third kappa shape index (κ3) is 4.00. The molecule has 118 valence electrons. The lowest BCUT2D eigenvalue weighted by Crippen LogP contribution is -2.18. The number of benzene rings is 1. The molecule has 0 saturated carbocycles. The summed E-state index contributed by atoms with van der Waals surface area (Å²) in [6.07, 6.45) is 1.19. The van der Waals surface area contributed by atoms with Crippen molar-refractivity contribution in [3.05, 3.63) is 59.4 Å². The highest BCUT2D eigenvalue weighted by Crippen LogP contribution is 2.17. The number of carbonyl (C=O) groups is 3. The van der Waals surface area contributed by atoms with E-state index in [1.54, 1.807) is 37.3 Å². The molecule has 1 heterocycles. The van der Waals surface area contributed by atoms with Gasteiger partial charge in [-0.15, -0.1) is 0 Å². The Kier molecular flexibility index (Phi) is 5.19. The fourth-order valence-electron chi connectivity index (χ4n) is 2.08. The van der Waals surface area contributed by atoms with Crippen LogP contribution in [0.15, 0.2) is 42.6 Å². The molecule has 6 nitrogen and oxygen atoms in total. The number of rotatable bonds is 6. The van der Waals surface area contributed by atoms with Crippen molar-refractivity contribution in [2.75, 3.05) is 0 Å². The van der Waals surface area contributed by atoms with Crippen LogP contribution in [0.1, 0.15) is 39.8 Å². The predicted molar refractivity (Wildman–Crippen MR) is 81.6 cm³/mol. The molecular formula is C17H15NO5. The average Bonchev–Trinajstić information content (AvgIpc) is 2.54. The fourth-order valence-corrected chi connectivity index (χ4v) is 2.08. The molecule has 0 spiro atoms. The summed E-state index contributed by atoms with van der Waals surface area (Å²) in [5, 5.41) is 9.35. The molecule has 2 rings (SSSR count). The molecule has 23 heavy (non-hydrogen) atoms. The van der Waals surface area contributed by atoms with E-state index in [0.717, 1.165) is 0 Å². The van der Waals surface area contributed by atoms with E-state index in [1.807, 2.05) is 0 Å². The van der Waals surface area contributed by atoms with Gasteiger partial charge in [-0.1, -0.05) is 25.1 Å². The summed E-state index contributed by atoms with van der Waals surface area (Å²) in [4.78, 5) is 39.1. The number of aromatic carboxylic acids is 1. The van der Waals surface area contributed by atoms with Gasteiger partial charge in [-0.25, -0.2) is 4.79 Å². The summed E-state index contributed by atoms with van der Waals surface area (Å²) < 4.78 is 5.14. The van der Waals surface area contributed by atoms with Crippen LogP contribution < -0.4 is 4.74 Å². The molecule has 0 unspecified atom stereocenters. The highest BCUT2D eigenvalue weighted by atomic mass is 16.5. The van der Waals surface area contributed by atoms with Crippen LogP contribution in [0.4, 0.5) is 0 Å². The number of nitrogens with zero attached hydrogens (tertiary/aromatic N) is 1. The number of aromatic nitrogens is 1. The Hall–Kier alpha value is -3.02. The van der Waals surface area contributed by atoms with E-state index in [4.69, 9.17) is 4.74 Å². The molecule has 0 radical (unpaired) electrons. The molecule has 0 fully saturated rings. The van der Waals surface area contributed by atoms with Gasteiger partial charge < -0.3 is 9.84 Å². The second-order valence-corrected chi connectivity index (χ2v) is 4.74. The smallest absolute Gasteiger partial charge is 0.338 e. The molecule has 2 aromatic rings. The summed E-state index contributed by atoms with van der Waals surface area (Å²) in [6.45, 7) is 1.62. The van der Waals surface area contributed by atoms with E-state index in [-0.39, 0.29) is 35.4 Å².